The number of nitrogens with zero attached hydrogens (tertiary/aromatic N) is 2. The first-order chi connectivity index (χ1) is 18.4. The number of esters is 1. The van der Waals surface area contributed by atoms with Gasteiger partial charge in [-0.15, -0.1) is 0 Å². The van der Waals surface area contributed by atoms with Gasteiger partial charge in [0.25, 0.3) is 5.69 Å². The minimum Gasteiger partial charge on any atom is -0.459 e. The molecule has 4 rings (SSSR count). The fourth-order valence-electron chi connectivity index (χ4n) is 5.88. The van der Waals surface area contributed by atoms with E-state index >= 15 is 0 Å². The second-order valence-electron chi connectivity index (χ2n) is 11.6. The molecule has 0 heterocycles. The van der Waals surface area contributed by atoms with Crippen LogP contribution < -0.4 is 0 Å². The van der Waals surface area contributed by atoms with E-state index in [4.69, 9.17) is 9.57 Å². The zero-order valence-corrected chi connectivity index (χ0v) is 23.5. The van der Waals surface area contributed by atoms with Crippen LogP contribution in [0.3, 0.4) is 0 Å². The van der Waals surface area contributed by atoms with E-state index < -0.39 is 17.0 Å². The average Bonchev–Trinajstić information content (AvgIpc) is 3.14. The maximum absolute atomic E-state index is 12.9. The maximum Gasteiger partial charge on any atom is 0.334 e. The van der Waals surface area contributed by atoms with E-state index in [2.05, 4.69) is 5.16 Å². The van der Waals surface area contributed by atoms with Crippen LogP contribution in [0.5, 0.6) is 0 Å². The highest BCUT2D eigenvalue weighted by molar-refractivity contribution is 6.03. The van der Waals surface area contributed by atoms with Crippen LogP contribution in [-0.2, 0) is 24.6 Å². The Hall–Kier alpha value is -3.55. The van der Waals surface area contributed by atoms with Gasteiger partial charge in [0.1, 0.15) is 5.60 Å². The van der Waals surface area contributed by atoms with Crippen molar-refractivity contribution in [1.82, 2.24) is 0 Å². The SMILES string of the molecule is CCC(=O)ON=C(CCC(=O)OC(C)(C)C1CCCCC1)c1ccc2c(c1)C(C)(C)c1cc([N+](=O)[O-])ccc1-2. The third-order valence-electron chi connectivity index (χ3n) is 8.28. The number of carbonyl (C=O) groups is 2. The van der Waals surface area contributed by atoms with Gasteiger partial charge in [-0.3, -0.25) is 14.9 Å². The molecule has 0 radical (unpaired) electrons. The standard InChI is InChI=1S/C31H38N2O6/c1-6-28(34)39-32-27(16-17-29(35)38-31(4,5)21-10-8-7-9-11-21)20-12-14-23-24-15-13-22(33(36)37)19-26(24)30(2,3)25(23)18-20/h12-15,18-19,21H,6-11,16-17H2,1-5H3. The molecule has 0 amide bonds. The molecule has 0 atom stereocenters. The Kier molecular flexibility index (Phi) is 8.23. The van der Waals surface area contributed by atoms with E-state index in [9.17, 15) is 19.7 Å². The van der Waals surface area contributed by atoms with Gasteiger partial charge in [-0.25, -0.2) is 4.79 Å². The van der Waals surface area contributed by atoms with Crippen LogP contribution >= 0.6 is 0 Å². The van der Waals surface area contributed by atoms with Crippen LogP contribution in [0.25, 0.3) is 11.1 Å². The summed E-state index contributed by atoms with van der Waals surface area (Å²) in [6, 6.07) is 10.8. The van der Waals surface area contributed by atoms with Crippen molar-refractivity contribution in [1.29, 1.82) is 0 Å². The predicted octanol–water partition coefficient (Wildman–Crippen LogP) is 7.24. The number of oxime groups is 1. The molecule has 0 aromatic heterocycles. The Bertz CT molecular complexity index is 1300. The van der Waals surface area contributed by atoms with Crippen molar-refractivity contribution in [3.05, 3.63) is 63.2 Å². The zero-order chi connectivity index (χ0) is 28.4. The molecule has 0 N–H and O–H groups in total. The number of ether oxygens (including phenoxy) is 1. The predicted molar refractivity (Wildman–Crippen MR) is 150 cm³/mol. The molecule has 1 saturated carbocycles. The second-order valence-corrected chi connectivity index (χ2v) is 11.6. The topological polar surface area (TPSA) is 108 Å². The number of rotatable bonds is 9. The smallest absolute Gasteiger partial charge is 0.334 e. The lowest BCUT2D eigenvalue weighted by Gasteiger charge is -2.36. The number of hydrogen-bond acceptors (Lipinski definition) is 7. The van der Waals surface area contributed by atoms with Crippen molar-refractivity contribution in [3.63, 3.8) is 0 Å². The Morgan fingerprint density at radius 1 is 1.00 bits per heavy atom. The Morgan fingerprint density at radius 3 is 2.28 bits per heavy atom. The normalized spacial score (nSPS) is 16.8. The molecule has 2 aromatic carbocycles. The van der Waals surface area contributed by atoms with Crippen LogP contribution in [0.4, 0.5) is 5.69 Å². The Morgan fingerprint density at radius 2 is 1.64 bits per heavy atom. The number of benzene rings is 2. The van der Waals surface area contributed by atoms with Crippen molar-refractivity contribution >= 4 is 23.3 Å². The van der Waals surface area contributed by atoms with Crippen molar-refractivity contribution in [2.75, 3.05) is 0 Å². The second kappa shape index (κ2) is 11.3. The molecular weight excluding hydrogens is 496 g/mol. The summed E-state index contributed by atoms with van der Waals surface area (Å²) in [4.78, 5) is 41.0. The summed E-state index contributed by atoms with van der Waals surface area (Å²) in [5.74, 6) is -0.416. The van der Waals surface area contributed by atoms with Gasteiger partial charge in [-0.2, -0.15) is 0 Å². The van der Waals surface area contributed by atoms with E-state index in [1.54, 1.807) is 19.1 Å². The lowest BCUT2D eigenvalue weighted by molar-refractivity contribution is -0.384. The molecule has 0 unspecified atom stereocenters. The monoisotopic (exact) mass is 534 g/mol. The summed E-state index contributed by atoms with van der Waals surface area (Å²) in [5, 5.41) is 15.5. The molecule has 0 aliphatic heterocycles. The molecule has 2 aliphatic carbocycles. The van der Waals surface area contributed by atoms with Crippen molar-refractivity contribution in [2.45, 2.75) is 97.0 Å². The minimum atomic E-state index is -0.532. The van der Waals surface area contributed by atoms with Crippen LogP contribution in [0.15, 0.2) is 41.6 Å². The van der Waals surface area contributed by atoms with Gasteiger partial charge in [-0.1, -0.05) is 57.3 Å². The highest BCUT2D eigenvalue weighted by Crippen LogP contribution is 2.50. The summed E-state index contributed by atoms with van der Waals surface area (Å²) in [6.45, 7) is 9.73. The quantitative estimate of drug-likeness (QED) is 0.110. The van der Waals surface area contributed by atoms with Gasteiger partial charge in [0.2, 0.25) is 0 Å². The molecule has 8 nitrogen and oxygen atoms in total. The van der Waals surface area contributed by atoms with Crippen LogP contribution in [0.1, 0.15) is 103 Å². The summed E-state index contributed by atoms with van der Waals surface area (Å²) in [5.41, 5.74) is 4.06. The van der Waals surface area contributed by atoms with E-state index in [1.165, 1.54) is 12.5 Å². The summed E-state index contributed by atoms with van der Waals surface area (Å²) in [6.07, 6.45) is 6.22. The molecule has 8 heteroatoms. The molecule has 0 spiro atoms. The van der Waals surface area contributed by atoms with Gasteiger partial charge in [0, 0.05) is 30.4 Å². The largest absolute Gasteiger partial charge is 0.459 e. The summed E-state index contributed by atoms with van der Waals surface area (Å²) >= 11 is 0. The first kappa shape index (κ1) is 28.5. The lowest BCUT2D eigenvalue weighted by Crippen LogP contribution is -2.38. The first-order valence-electron chi connectivity index (χ1n) is 13.9. The molecular formula is C31H38N2O6. The van der Waals surface area contributed by atoms with Crippen molar-refractivity contribution < 1.29 is 24.1 Å². The molecule has 2 aromatic rings. The average molecular weight is 535 g/mol. The Labute approximate surface area is 229 Å². The van der Waals surface area contributed by atoms with Gasteiger partial charge in [0.05, 0.1) is 17.1 Å². The molecule has 2 aliphatic rings. The molecule has 39 heavy (non-hydrogen) atoms. The van der Waals surface area contributed by atoms with Gasteiger partial charge < -0.3 is 9.57 Å². The minimum absolute atomic E-state index is 0.0539. The Balaban J connectivity index is 1.57. The van der Waals surface area contributed by atoms with Crippen molar-refractivity contribution in [3.8, 4) is 11.1 Å². The summed E-state index contributed by atoms with van der Waals surface area (Å²) < 4.78 is 5.93. The molecule has 208 valence electrons. The third-order valence-corrected chi connectivity index (χ3v) is 8.28. The van der Waals surface area contributed by atoms with Crippen LogP contribution in [0.2, 0.25) is 0 Å². The first-order valence-corrected chi connectivity index (χ1v) is 13.9. The van der Waals surface area contributed by atoms with Gasteiger partial charge in [0.15, 0.2) is 0 Å². The van der Waals surface area contributed by atoms with Gasteiger partial charge in [-0.05, 0) is 72.6 Å². The highest BCUT2D eigenvalue weighted by Gasteiger charge is 2.37. The van der Waals surface area contributed by atoms with Gasteiger partial charge >= 0.3 is 11.9 Å². The number of non-ortho nitro benzene ring substituents is 1. The third kappa shape index (κ3) is 6.05. The van der Waals surface area contributed by atoms with Crippen LogP contribution in [-0.4, -0.2) is 28.2 Å². The summed E-state index contributed by atoms with van der Waals surface area (Å²) in [7, 11) is 0. The maximum atomic E-state index is 12.9. The number of carbonyl (C=O) groups excluding carboxylic acids is 2. The molecule has 0 bridgehead atoms. The van der Waals surface area contributed by atoms with E-state index in [0.717, 1.165) is 53.5 Å². The van der Waals surface area contributed by atoms with E-state index in [-0.39, 0.29) is 35.8 Å². The van der Waals surface area contributed by atoms with Crippen molar-refractivity contribution in [2.24, 2.45) is 11.1 Å². The molecule has 0 saturated heterocycles. The number of nitro benzene ring substituents is 1. The number of nitro groups is 1. The van der Waals surface area contributed by atoms with Crippen LogP contribution in [0, 0.1) is 16.0 Å². The number of hydrogen-bond donors (Lipinski definition) is 0. The highest BCUT2D eigenvalue weighted by atomic mass is 16.7. The number of fused-ring (bicyclic) bond motifs is 3. The zero-order valence-electron chi connectivity index (χ0n) is 23.5. The molecule has 1 fully saturated rings. The fourth-order valence-corrected chi connectivity index (χ4v) is 5.88. The lowest BCUT2D eigenvalue weighted by atomic mass is 9.79. The van der Waals surface area contributed by atoms with E-state index in [0.29, 0.717) is 11.6 Å². The van der Waals surface area contributed by atoms with E-state index in [1.807, 2.05) is 45.9 Å². The fraction of sp³-hybridized carbons (Fsp3) is 0.516.